The molecular formula is C14H20BrNO. The SMILES string of the molecule is CCc1ccccc1C(=O)NCCCCCBr. The number of hydrogen-bond donors (Lipinski definition) is 1. The second-order valence-corrected chi connectivity index (χ2v) is 4.81. The van der Waals surface area contributed by atoms with Gasteiger partial charge in [-0.2, -0.15) is 0 Å². The van der Waals surface area contributed by atoms with Gasteiger partial charge >= 0.3 is 0 Å². The summed E-state index contributed by atoms with van der Waals surface area (Å²) in [5, 5.41) is 4.02. The molecule has 1 rings (SSSR count). The van der Waals surface area contributed by atoms with Crippen molar-refractivity contribution in [2.45, 2.75) is 32.6 Å². The summed E-state index contributed by atoms with van der Waals surface area (Å²) in [7, 11) is 0. The predicted octanol–water partition coefficient (Wildman–Crippen LogP) is 3.54. The number of carbonyl (C=O) groups is 1. The van der Waals surface area contributed by atoms with E-state index in [1.54, 1.807) is 0 Å². The van der Waals surface area contributed by atoms with Crippen LogP contribution in [0.1, 0.15) is 42.1 Å². The fourth-order valence-corrected chi connectivity index (χ4v) is 2.14. The van der Waals surface area contributed by atoms with Crippen LogP contribution in [0.15, 0.2) is 24.3 Å². The first-order valence-electron chi connectivity index (χ1n) is 6.21. The minimum Gasteiger partial charge on any atom is -0.352 e. The minimum absolute atomic E-state index is 0.0568. The number of alkyl halides is 1. The molecule has 0 fully saturated rings. The molecule has 94 valence electrons. The van der Waals surface area contributed by atoms with Crippen LogP contribution in [-0.2, 0) is 6.42 Å². The Hall–Kier alpha value is -0.830. The molecule has 1 N–H and O–H groups in total. The molecule has 0 heterocycles. The lowest BCUT2D eigenvalue weighted by molar-refractivity contribution is 0.0952. The van der Waals surface area contributed by atoms with Crippen molar-refractivity contribution < 1.29 is 4.79 Å². The lowest BCUT2D eigenvalue weighted by Gasteiger charge is -2.08. The maximum absolute atomic E-state index is 11.9. The van der Waals surface area contributed by atoms with Gasteiger partial charge < -0.3 is 5.32 Å². The average Bonchev–Trinajstić information content (AvgIpc) is 2.38. The van der Waals surface area contributed by atoms with Crippen LogP contribution in [0.3, 0.4) is 0 Å². The fraction of sp³-hybridized carbons (Fsp3) is 0.500. The summed E-state index contributed by atoms with van der Waals surface area (Å²) in [5.41, 5.74) is 1.93. The Morgan fingerprint density at radius 1 is 1.24 bits per heavy atom. The van der Waals surface area contributed by atoms with E-state index in [2.05, 4.69) is 28.2 Å². The van der Waals surface area contributed by atoms with E-state index in [4.69, 9.17) is 0 Å². The Morgan fingerprint density at radius 2 is 2.00 bits per heavy atom. The van der Waals surface area contributed by atoms with Crippen molar-refractivity contribution in [1.29, 1.82) is 0 Å². The average molecular weight is 298 g/mol. The predicted molar refractivity (Wildman–Crippen MR) is 75.8 cm³/mol. The third kappa shape index (κ3) is 4.90. The van der Waals surface area contributed by atoms with Gasteiger partial charge in [-0.15, -0.1) is 0 Å². The van der Waals surface area contributed by atoms with E-state index < -0.39 is 0 Å². The van der Waals surface area contributed by atoms with Crippen LogP contribution in [0.4, 0.5) is 0 Å². The maximum atomic E-state index is 11.9. The summed E-state index contributed by atoms with van der Waals surface area (Å²) >= 11 is 3.40. The summed E-state index contributed by atoms with van der Waals surface area (Å²) in [5.74, 6) is 0.0568. The van der Waals surface area contributed by atoms with E-state index in [1.807, 2.05) is 24.3 Å². The standard InChI is InChI=1S/C14H20BrNO/c1-2-12-8-4-5-9-13(12)14(17)16-11-7-3-6-10-15/h4-5,8-9H,2-3,6-7,10-11H2,1H3,(H,16,17). The summed E-state index contributed by atoms with van der Waals surface area (Å²) in [6.45, 7) is 2.84. The van der Waals surface area contributed by atoms with Gasteiger partial charge in [-0.05, 0) is 30.9 Å². The molecule has 0 saturated carbocycles. The highest BCUT2D eigenvalue weighted by atomic mass is 79.9. The van der Waals surface area contributed by atoms with Gasteiger partial charge in [0, 0.05) is 17.4 Å². The van der Waals surface area contributed by atoms with Crippen molar-refractivity contribution in [3.8, 4) is 0 Å². The molecule has 17 heavy (non-hydrogen) atoms. The summed E-state index contributed by atoms with van der Waals surface area (Å²) in [6.07, 6.45) is 4.27. The van der Waals surface area contributed by atoms with Crippen LogP contribution >= 0.6 is 15.9 Å². The Bertz CT molecular complexity index is 352. The van der Waals surface area contributed by atoms with Crippen molar-refractivity contribution in [1.82, 2.24) is 5.32 Å². The number of unbranched alkanes of at least 4 members (excludes halogenated alkanes) is 2. The zero-order chi connectivity index (χ0) is 12.5. The maximum Gasteiger partial charge on any atom is 0.251 e. The molecule has 0 aromatic heterocycles. The number of hydrogen-bond acceptors (Lipinski definition) is 1. The molecule has 2 nitrogen and oxygen atoms in total. The van der Waals surface area contributed by atoms with Crippen molar-refractivity contribution in [2.24, 2.45) is 0 Å². The van der Waals surface area contributed by atoms with Gasteiger partial charge in [-0.3, -0.25) is 4.79 Å². The molecule has 0 aliphatic heterocycles. The minimum atomic E-state index is 0.0568. The largest absolute Gasteiger partial charge is 0.352 e. The summed E-state index contributed by atoms with van der Waals surface area (Å²) in [4.78, 5) is 11.9. The summed E-state index contributed by atoms with van der Waals surface area (Å²) < 4.78 is 0. The van der Waals surface area contributed by atoms with Gasteiger partial charge in [0.15, 0.2) is 0 Å². The molecule has 0 spiro atoms. The van der Waals surface area contributed by atoms with Gasteiger partial charge in [-0.25, -0.2) is 0 Å². The van der Waals surface area contributed by atoms with Crippen molar-refractivity contribution in [2.75, 3.05) is 11.9 Å². The summed E-state index contributed by atoms with van der Waals surface area (Å²) in [6, 6.07) is 7.80. The Labute approximate surface area is 112 Å². The quantitative estimate of drug-likeness (QED) is 0.605. The molecule has 0 atom stereocenters. The third-order valence-corrected chi connectivity index (χ3v) is 3.30. The second-order valence-electron chi connectivity index (χ2n) is 4.02. The van der Waals surface area contributed by atoms with E-state index >= 15 is 0 Å². The Balaban J connectivity index is 2.41. The van der Waals surface area contributed by atoms with Crippen LogP contribution in [0.25, 0.3) is 0 Å². The van der Waals surface area contributed by atoms with Crippen LogP contribution in [0.2, 0.25) is 0 Å². The normalized spacial score (nSPS) is 10.2. The highest BCUT2D eigenvalue weighted by molar-refractivity contribution is 9.09. The second kappa shape index (κ2) is 8.29. The molecule has 0 bridgehead atoms. The lowest BCUT2D eigenvalue weighted by Crippen LogP contribution is -2.25. The third-order valence-electron chi connectivity index (χ3n) is 2.74. The Morgan fingerprint density at radius 3 is 2.71 bits per heavy atom. The van der Waals surface area contributed by atoms with Crippen LogP contribution < -0.4 is 5.32 Å². The van der Waals surface area contributed by atoms with E-state index in [9.17, 15) is 4.79 Å². The molecule has 1 amide bonds. The van der Waals surface area contributed by atoms with E-state index in [1.165, 1.54) is 6.42 Å². The molecule has 0 aliphatic rings. The number of nitrogens with one attached hydrogen (secondary N) is 1. The number of carbonyl (C=O) groups excluding carboxylic acids is 1. The lowest BCUT2D eigenvalue weighted by atomic mass is 10.0. The van der Waals surface area contributed by atoms with Gasteiger partial charge in [0.1, 0.15) is 0 Å². The first-order chi connectivity index (χ1) is 8.29. The van der Waals surface area contributed by atoms with Crippen LogP contribution in [0, 0.1) is 0 Å². The zero-order valence-corrected chi connectivity index (χ0v) is 11.9. The molecule has 1 aromatic carbocycles. The number of halogens is 1. The van der Waals surface area contributed by atoms with Gasteiger partial charge in [0.05, 0.1) is 0 Å². The first-order valence-corrected chi connectivity index (χ1v) is 7.33. The molecule has 0 unspecified atom stereocenters. The van der Waals surface area contributed by atoms with E-state index in [0.29, 0.717) is 0 Å². The molecule has 0 radical (unpaired) electrons. The number of benzene rings is 1. The highest BCUT2D eigenvalue weighted by Crippen LogP contribution is 2.09. The van der Waals surface area contributed by atoms with Gasteiger partial charge in [0.2, 0.25) is 0 Å². The van der Waals surface area contributed by atoms with Crippen LogP contribution in [0.5, 0.6) is 0 Å². The van der Waals surface area contributed by atoms with E-state index in [0.717, 1.165) is 42.3 Å². The molecule has 0 saturated heterocycles. The van der Waals surface area contributed by atoms with Crippen molar-refractivity contribution in [3.63, 3.8) is 0 Å². The Kier molecular flexibility index (Phi) is 6.94. The molecule has 1 aromatic rings. The highest BCUT2D eigenvalue weighted by Gasteiger charge is 2.08. The van der Waals surface area contributed by atoms with Crippen molar-refractivity contribution >= 4 is 21.8 Å². The number of rotatable bonds is 7. The van der Waals surface area contributed by atoms with E-state index in [-0.39, 0.29) is 5.91 Å². The van der Waals surface area contributed by atoms with Gasteiger partial charge in [0.25, 0.3) is 5.91 Å². The molecule has 3 heteroatoms. The van der Waals surface area contributed by atoms with Crippen molar-refractivity contribution in [3.05, 3.63) is 35.4 Å². The van der Waals surface area contributed by atoms with Crippen LogP contribution in [-0.4, -0.2) is 17.8 Å². The monoisotopic (exact) mass is 297 g/mol. The number of amides is 1. The molecule has 0 aliphatic carbocycles. The smallest absolute Gasteiger partial charge is 0.251 e. The first kappa shape index (κ1) is 14.2. The zero-order valence-electron chi connectivity index (χ0n) is 10.3. The topological polar surface area (TPSA) is 29.1 Å². The van der Waals surface area contributed by atoms with Gasteiger partial charge in [-0.1, -0.05) is 47.5 Å². The fourth-order valence-electron chi connectivity index (χ4n) is 1.74. The molecular weight excluding hydrogens is 278 g/mol. The number of aryl methyl sites for hydroxylation is 1.